The molecule has 1 aromatic heterocycles. The highest BCUT2D eigenvalue weighted by Crippen LogP contribution is 2.29. The molecule has 7 heteroatoms. The number of likely N-dealkylation sites (tertiary alicyclic amines) is 1. The van der Waals surface area contributed by atoms with Crippen molar-refractivity contribution < 1.29 is 19.4 Å². The average molecular weight is 388 g/mol. The summed E-state index contributed by atoms with van der Waals surface area (Å²) in [4.78, 5) is 30.1. The maximum Gasteiger partial charge on any atom is 0.305 e. The minimum atomic E-state index is -0.918. The second-order valence-electron chi connectivity index (χ2n) is 7.12. The molecule has 1 fully saturated rings. The first kappa shape index (κ1) is 19.5. The van der Waals surface area contributed by atoms with Gasteiger partial charge in [0.2, 0.25) is 0 Å². The van der Waals surface area contributed by atoms with Crippen molar-refractivity contribution in [3.8, 4) is 10.6 Å². The van der Waals surface area contributed by atoms with Gasteiger partial charge < -0.3 is 14.7 Å². The standard InChI is InChI=1S/C20H24N2O4S/c1-12(2)13-4-6-14(7-5-13)19-21-17(11-27-19)20(25)22-10-16(26-3)8-15(22)9-18(23)24/h4-7,11-12,15-16H,8-10H2,1-3H3,(H,23,24). The molecule has 0 saturated carbocycles. The molecule has 2 unspecified atom stereocenters. The molecule has 1 amide bonds. The minimum Gasteiger partial charge on any atom is -0.481 e. The molecule has 0 bridgehead atoms. The fourth-order valence-electron chi connectivity index (χ4n) is 3.35. The molecule has 1 aliphatic heterocycles. The first-order valence-corrected chi connectivity index (χ1v) is 9.88. The molecule has 3 rings (SSSR count). The van der Waals surface area contributed by atoms with Crippen LogP contribution in [0.1, 0.15) is 48.7 Å². The monoisotopic (exact) mass is 388 g/mol. The summed E-state index contributed by atoms with van der Waals surface area (Å²) in [7, 11) is 1.58. The van der Waals surface area contributed by atoms with Gasteiger partial charge in [0, 0.05) is 30.6 Å². The van der Waals surface area contributed by atoms with Gasteiger partial charge in [-0.2, -0.15) is 0 Å². The highest BCUT2D eigenvalue weighted by molar-refractivity contribution is 7.13. The number of amides is 1. The smallest absolute Gasteiger partial charge is 0.305 e. The third-order valence-corrected chi connectivity index (χ3v) is 5.82. The first-order valence-electron chi connectivity index (χ1n) is 9.00. The SMILES string of the molecule is COC1CC(CC(=O)O)N(C(=O)c2csc(-c3ccc(C(C)C)cc3)n2)C1. The van der Waals surface area contributed by atoms with Gasteiger partial charge in [-0.1, -0.05) is 38.1 Å². The zero-order valence-electron chi connectivity index (χ0n) is 15.7. The Hall–Kier alpha value is -2.25. The lowest BCUT2D eigenvalue weighted by Gasteiger charge is -2.22. The normalized spacial score (nSPS) is 19.6. The van der Waals surface area contributed by atoms with Gasteiger partial charge in [0.1, 0.15) is 10.7 Å². The van der Waals surface area contributed by atoms with Crippen LogP contribution in [0.4, 0.5) is 0 Å². The summed E-state index contributed by atoms with van der Waals surface area (Å²) < 4.78 is 5.34. The molecule has 2 heterocycles. The zero-order chi connectivity index (χ0) is 19.6. The van der Waals surface area contributed by atoms with Gasteiger partial charge in [0.15, 0.2) is 0 Å². The first-order chi connectivity index (χ1) is 12.9. The van der Waals surface area contributed by atoms with Crippen LogP contribution in [0.3, 0.4) is 0 Å². The Bertz CT molecular complexity index is 816. The summed E-state index contributed by atoms with van der Waals surface area (Å²) >= 11 is 1.42. The van der Waals surface area contributed by atoms with Crippen LogP contribution in [0.25, 0.3) is 10.6 Å². The van der Waals surface area contributed by atoms with Crippen LogP contribution < -0.4 is 0 Å². The topological polar surface area (TPSA) is 79.7 Å². The molecule has 1 N–H and O–H groups in total. The van der Waals surface area contributed by atoms with E-state index in [9.17, 15) is 9.59 Å². The number of rotatable bonds is 6. The fourth-order valence-corrected chi connectivity index (χ4v) is 4.15. The summed E-state index contributed by atoms with van der Waals surface area (Å²) in [6, 6.07) is 7.83. The number of aliphatic carboxylic acids is 1. The van der Waals surface area contributed by atoms with E-state index in [2.05, 4.69) is 31.0 Å². The zero-order valence-corrected chi connectivity index (χ0v) is 16.5. The Morgan fingerprint density at radius 3 is 2.63 bits per heavy atom. The number of carbonyl (C=O) groups excluding carboxylic acids is 1. The average Bonchev–Trinajstić information content (AvgIpc) is 3.28. The molecule has 6 nitrogen and oxygen atoms in total. The highest BCUT2D eigenvalue weighted by Gasteiger charge is 2.37. The molecule has 2 aromatic rings. The maximum absolute atomic E-state index is 12.9. The molecule has 27 heavy (non-hydrogen) atoms. The van der Waals surface area contributed by atoms with Crippen molar-refractivity contribution in [2.75, 3.05) is 13.7 Å². The van der Waals surface area contributed by atoms with Gasteiger partial charge in [-0.15, -0.1) is 11.3 Å². The number of hydrogen-bond acceptors (Lipinski definition) is 5. The molecule has 144 valence electrons. The predicted octanol–water partition coefficient (Wildman–Crippen LogP) is 3.64. The summed E-state index contributed by atoms with van der Waals surface area (Å²) in [5, 5.41) is 11.7. The van der Waals surface area contributed by atoms with Crippen molar-refractivity contribution in [3.05, 3.63) is 40.9 Å². The minimum absolute atomic E-state index is 0.0841. The number of carboxylic acid groups (broad SMARTS) is 1. The third-order valence-electron chi connectivity index (χ3n) is 4.93. The fraction of sp³-hybridized carbons (Fsp3) is 0.450. The van der Waals surface area contributed by atoms with Crippen molar-refractivity contribution in [3.63, 3.8) is 0 Å². The van der Waals surface area contributed by atoms with Gasteiger partial charge >= 0.3 is 5.97 Å². The van der Waals surface area contributed by atoms with Gasteiger partial charge in [0.25, 0.3) is 5.91 Å². The van der Waals surface area contributed by atoms with Gasteiger partial charge in [-0.3, -0.25) is 9.59 Å². The Morgan fingerprint density at radius 1 is 1.33 bits per heavy atom. The van der Waals surface area contributed by atoms with Crippen molar-refractivity contribution in [1.29, 1.82) is 0 Å². The van der Waals surface area contributed by atoms with Crippen molar-refractivity contribution in [1.82, 2.24) is 9.88 Å². The van der Waals surface area contributed by atoms with E-state index in [1.54, 1.807) is 17.4 Å². The van der Waals surface area contributed by atoms with E-state index in [4.69, 9.17) is 9.84 Å². The van der Waals surface area contributed by atoms with Crippen molar-refractivity contribution in [2.45, 2.75) is 44.8 Å². The van der Waals surface area contributed by atoms with Crippen molar-refractivity contribution in [2.24, 2.45) is 0 Å². The molecular weight excluding hydrogens is 364 g/mol. The van der Waals surface area contributed by atoms with Crippen molar-refractivity contribution >= 4 is 23.2 Å². The van der Waals surface area contributed by atoms with Crippen LogP contribution in [0.15, 0.2) is 29.6 Å². The van der Waals surface area contributed by atoms with E-state index < -0.39 is 5.97 Å². The van der Waals surface area contributed by atoms with Crippen LogP contribution >= 0.6 is 11.3 Å². The number of benzene rings is 1. The van der Waals surface area contributed by atoms with Crippen LogP contribution in [-0.4, -0.2) is 52.7 Å². The Labute approximate surface area is 162 Å². The van der Waals surface area contributed by atoms with Gasteiger partial charge in [-0.05, 0) is 17.9 Å². The lowest BCUT2D eigenvalue weighted by atomic mass is 10.0. The van der Waals surface area contributed by atoms with E-state index in [1.165, 1.54) is 16.9 Å². The van der Waals surface area contributed by atoms with E-state index >= 15 is 0 Å². The van der Waals surface area contributed by atoms with Gasteiger partial charge in [-0.25, -0.2) is 4.98 Å². The second-order valence-corrected chi connectivity index (χ2v) is 7.98. The number of aromatic nitrogens is 1. The predicted molar refractivity (Wildman–Crippen MR) is 104 cm³/mol. The number of thiazole rings is 1. The molecule has 0 radical (unpaired) electrons. The molecule has 1 aromatic carbocycles. The summed E-state index contributed by atoms with van der Waals surface area (Å²) in [5.74, 6) is -0.691. The Morgan fingerprint density at radius 2 is 2.04 bits per heavy atom. The van der Waals surface area contributed by atoms with E-state index in [-0.39, 0.29) is 24.5 Å². The van der Waals surface area contributed by atoms with Crippen LogP contribution in [0.5, 0.6) is 0 Å². The summed E-state index contributed by atoms with van der Waals surface area (Å²) in [6.45, 7) is 4.68. The quantitative estimate of drug-likeness (QED) is 0.817. The van der Waals surface area contributed by atoms with E-state index in [1.807, 2.05) is 12.1 Å². The molecule has 1 saturated heterocycles. The Kier molecular flexibility index (Phi) is 5.92. The number of carbonyl (C=O) groups is 2. The molecule has 0 aliphatic carbocycles. The summed E-state index contributed by atoms with van der Waals surface area (Å²) in [6.07, 6.45) is 0.307. The number of carboxylic acids is 1. The van der Waals surface area contributed by atoms with Crippen LogP contribution in [0.2, 0.25) is 0 Å². The molecular formula is C20H24N2O4S. The molecule has 2 atom stereocenters. The van der Waals surface area contributed by atoms with Gasteiger partial charge in [0.05, 0.1) is 12.5 Å². The van der Waals surface area contributed by atoms with Crippen LogP contribution in [0, 0.1) is 0 Å². The number of methoxy groups -OCH3 is 1. The number of hydrogen-bond donors (Lipinski definition) is 1. The highest BCUT2D eigenvalue weighted by atomic mass is 32.1. The third kappa shape index (κ3) is 4.36. The number of ether oxygens (including phenoxy) is 1. The van der Waals surface area contributed by atoms with Crippen LogP contribution in [-0.2, 0) is 9.53 Å². The maximum atomic E-state index is 12.9. The summed E-state index contributed by atoms with van der Waals surface area (Å²) in [5.41, 5.74) is 2.59. The molecule has 0 spiro atoms. The second kappa shape index (κ2) is 8.19. The lowest BCUT2D eigenvalue weighted by Crippen LogP contribution is -2.37. The van der Waals surface area contributed by atoms with E-state index in [0.29, 0.717) is 24.6 Å². The lowest BCUT2D eigenvalue weighted by molar-refractivity contribution is -0.138. The number of nitrogens with zero attached hydrogens (tertiary/aromatic N) is 2. The largest absolute Gasteiger partial charge is 0.481 e. The molecule has 1 aliphatic rings. The van der Waals surface area contributed by atoms with E-state index in [0.717, 1.165) is 10.6 Å². The Balaban J connectivity index is 1.78.